The highest BCUT2D eigenvalue weighted by molar-refractivity contribution is 5.88. The lowest BCUT2D eigenvalue weighted by atomic mass is 9.89. The van der Waals surface area contributed by atoms with Gasteiger partial charge >= 0.3 is 0 Å². The molecule has 2 unspecified atom stereocenters. The average molecular weight is 141 g/mol. The molecule has 0 radical (unpaired) electrons. The van der Waals surface area contributed by atoms with Gasteiger partial charge in [0.1, 0.15) is 0 Å². The fourth-order valence-electron chi connectivity index (χ4n) is 2.02. The first-order chi connectivity index (χ1) is 4.63. The summed E-state index contributed by atoms with van der Waals surface area (Å²) in [6.45, 7) is 1.94. The number of carbonyl (C=O) groups excluding carboxylic acids is 1. The maximum atomic E-state index is 11.0. The summed E-state index contributed by atoms with van der Waals surface area (Å²) in [6, 6.07) is -0.176. The van der Waals surface area contributed by atoms with Crippen LogP contribution in [0.5, 0.6) is 0 Å². The Bertz CT molecular complexity index is 192. The Morgan fingerprint density at radius 2 is 2.50 bits per heavy atom. The molecular weight excluding hydrogens is 130 g/mol. The lowest BCUT2D eigenvalue weighted by Gasteiger charge is -2.23. The number of hydrogen-bond acceptors (Lipinski definition) is 3. The van der Waals surface area contributed by atoms with E-state index in [0.717, 1.165) is 12.8 Å². The summed E-state index contributed by atoms with van der Waals surface area (Å²) < 4.78 is 0. The third-order valence-electron chi connectivity index (χ3n) is 2.73. The number of hydroxylamine groups is 2. The van der Waals surface area contributed by atoms with Crippen LogP contribution in [0, 0.1) is 0 Å². The Kier molecular flexibility index (Phi) is 1.01. The molecule has 2 bridgehead atoms. The number of fused-ring (bicyclic) bond motifs is 2. The maximum absolute atomic E-state index is 11.0. The first-order valence-corrected chi connectivity index (χ1v) is 3.64. The largest absolute Gasteiger partial charge is 0.313 e. The summed E-state index contributed by atoms with van der Waals surface area (Å²) in [4.78, 5) is 11.0. The lowest BCUT2D eigenvalue weighted by Crippen LogP contribution is -2.35. The summed E-state index contributed by atoms with van der Waals surface area (Å²) in [5.41, 5.74) is -0.220. The van der Waals surface area contributed by atoms with Crippen LogP contribution < -0.4 is 0 Å². The number of rotatable bonds is 0. The fraction of sp³-hybridized carbons (Fsp3) is 0.857. The van der Waals surface area contributed by atoms with Gasteiger partial charge in [-0.05, 0) is 19.8 Å². The molecule has 0 spiro atoms. The molecule has 2 atom stereocenters. The molecule has 2 rings (SSSR count). The number of Topliss-reactive ketones (excluding diaryl/α,β-unsaturated/α-hetero) is 1. The maximum Gasteiger partial charge on any atom is 0.154 e. The van der Waals surface area contributed by atoms with E-state index in [1.54, 1.807) is 0 Å². The fourth-order valence-corrected chi connectivity index (χ4v) is 2.02. The SMILES string of the molecule is CC12CCC(C(=O)C1)N2O. The summed E-state index contributed by atoms with van der Waals surface area (Å²) in [5, 5.41) is 10.6. The second-order valence-corrected chi connectivity index (χ2v) is 3.54. The van der Waals surface area contributed by atoms with Crippen molar-refractivity contribution in [2.45, 2.75) is 37.8 Å². The van der Waals surface area contributed by atoms with Gasteiger partial charge in [0, 0.05) is 6.42 Å². The number of hydrogen-bond donors (Lipinski definition) is 1. The highest BCUT2D eigenvalue weighted by Gasteiger charge is 2.53. The smallest absolute Gasteiger partial charge is 0.154 e. The second kappa shape index (κ2) is 1.60. The van der Waals surface area contributed by atoms with Crippen molar-refractivity contribution in [1.82, 2.24) is 5.06 Å². The van der Waals surface area contributed by atoms with E-state index < -0.39 is 0 Å². The zero-order valence-electron chi connectivity index (χ0n) is 6.00. The molecule has 10 heavy (non-hydrogen) atoms. The normalized spacial score (nSPS) is 47.0. The lowest BCUT2D eigenvalue weighted by molar-refractivity contribution is -0.148. The molecule has 2 aliphatic heterocycles. The van der Waals surface area contributed by atoms with Crippen molar-refractivity contribution in [2.24, 2.45) is 0 Å². The molecule has 3 nitrogen and oxygen atoms in total. The molecule has 0 aliphatic carbocycles. The van der Waals surface area contributed by atoms with Gasteiger partial charge < -0.3 is 5.21 Å². The van der Waals surface area contributed by atoms with Crippen LogP contribution in [-0.4, -0.2) is 27.6 Å². The van der Waals surface area contributed by atoms with Gasteiger partial charge in [0.2, 0.25) is 0 Å². The third-order valence-corrected chi connectivity index (χ3v) is 2.73. The van der Waals surface area contributed by atoms with Gasteiger partial charge in [-0.2, -0.15) is 5.06 Å². The Morgan fingerprint density at radius 1 is 1.80 bits per heavy atom. The Morgan fingerprint density at radius 3 is 2.70 bits per heavy atom. The Balaban J connectivity index is 2.34. The average Bonchev–Trinajstić information content (AvgIpc) is 2.20. The van der Waals surface area contributed by atoms with Crippen LogP contribution in [0.15, 0.2) is 0 Å². The molecule has 2 aliphatic rings. The molecule has 0 aromatic rings. The van der Waals surface area contributed by atoms with E-state index in [1.807, 2.05) is 6.92 Å². The van der Waals surface area contributed by atoms with Crippen LogP contribution in [-0.2, 0) is 4.79 Å². The minimum absolute atomic E-state index is 0.176. The summed E-state index contributed by atoms with van der Waals surface area (Å²) >= 11 is 0. The van der Waals surface area contributed by atoms with Gasteiger partial charge in [0.05, 0.1) is 11.6 Å². The van der Waals surface area contributed by atoms with Gasteiger partial charge in [0.15, 0.2) is 5.78 Å². The van der Waals surface area contributed by atoms with E-state index in [1.165, 1.54) is 5.06 Å². The van der Waals surface area contributed by atoms with Crippen LogP contribution in [0.3, 0.4) is 0 Å². The Labute approximate surface area is 59.6 Å². The number of carbonyl (C=O) groups is 1. The minimum Gasteiger partial charge on any atom is -0.313 e. The monoisotopic (exact) mass is 141 g/mol. The van der Waals surface area contributed by atoms with Crippen molar-refractivity contribution < 1.29 is 10.0 Å². The van der Waals surface area contributed by atoms with E-state index in [2.05, 4.69) is 0 Å². The van der Waals surface area contributed by atoms with E-state index >= 15 is 0 Å². The minimum atomic E-state index is -0.220. The van der Waals surface area contributed by atoms with Gasteiger partial charge in [-0.25, -0.2) is 0 Å². The van der Waals surface area contributed by atoms with Crippen LogP contribution >= 0.6 is 0 Å². The van der Waals surface area contributed by atoms with Crippen molar-refractivity contribution in [3.8, 4) is 0 Å². The highest BCUT2D eigenvalue weighted by Crippen LogP contribution is 2.42. The first kappa shape index (κ1) is 6.31. The number of ketones is 1. The molecule has 0 saturated carbocycles. The van der Waals surface area contributed by atoms with Crippen LogP contribution in [0.25, 0.3) is 0 Å². The molecule has 0 amide bonds. The first-order valence-electron chi connectivity index (χ1n) is 3.64. The van der Waals surface area contributed by atoms with Crippen molar-refractivity contribution in [1.29, 1.82) is 0 Å². The van der Waals surface area contributed by atoms with Crippen molar-refractivity contribution >= 4 is 5.78 Å². The summed E-state index contributed by atoms with van der Waals surface area (Å²) in [6.07, 6.45) is 2.33. The molecule has 2 heterocycles. The Hall–Kier alpha value is -0.410. The molecule has 2 fully saturated rings. The standard InChI is InChI=1S/C7H11NO2/c1-7-3-2-5(8(7)10)6(9)4-7/h5,10H,2-4H2,1H3. The summed E-state index contributed by atoms with van der Waals surface area (Å²) in [7, 11) is 0. The van der Waals surface area contributed by atoms with Crippen LogP contribution in [0.1, 0.15) is 26.2 Å². The molecule has 0 aromatic carbocycles. The van der Waals surface area contributed by atoms with Crippen molar-refractivity contribution in [3.05, 3.63) is 0 Å². The number of nitrogens with zero attached hydrogens (tertiary/aromatic N) is 1. The quantitative estimate of drug-likeness (QED) is 0.536. The van der Waals surface area contributed by atoms with E-state index in [9.17, 15) is 10.0 Å². The predicted molar refractivity (Wildman–Crippen MR) is 34.7 cm³/mol. The molecule has 3 heteroatoms. The third kappa shape index (κ3) is 0.545. The molecular formula is C7H11NO2. The van der Waals surface area contributed by atoms with Gasteiger partial charge in [-0.1, -0.05) is 0 Å². The zero-order valence-corrected chi connectivity index (χ0v) is 6.00. The van der Waals surface area contributed by atoms with Gasteiger partial charge in [-0.3, -0.25) is 4.79 Å². The zero-order chi connectivity index (χ0) is 7.35. The molecule has 0 aromatic heterocycles. The molecule has 2 saturated heterocycles. The van der Waals surface area contributed by atoms with E-state index in [0.29, 0.717) is 6.42 Å². The second-order valence-electron chi connectivity index (χ2n) is 3.54. The predicted octanol–water partition coefficient (Wildman–Crippen LogP) is 0.572. The summed E-state index contributed by atoms with van der Waals surface area (Å²) in [5.74, 6) is 0.205. The highest BCUT2D eigenvalue weighted by atomic mass is 16.5. The van der Waals surface area contributed by atoms with E-state index in [-0.39, 0.29) is 17.4 Å². The topological polar surface area (TPSA) is 40.5 Å². The molecule has 1 N–H and O–H groups in total. The van der Waals surface area contributed by atoms with Crippen LogP contribution in [0.4, 0.5) is 0 Å². The van der Waals surface area contributed by atoms with Crippen molar-refractivity contribution in [2.75, 3.05) is 0 Å². The van der Waals surface area contributed by atoms with Gasteiger partial charge in [0.25, 0.3) is 0 Å². The molecule has 56 valence electrons. The van der Waals surface area contributed by atoms with Crippen LogP contribution in [0.2, 0.25) is 0 Å². The van der Waals surface area contributed by atoms with Crippen molar-refractivity contribution in [3.63, 3.8) is 0 Å². The van der Waals surface area contributed by atoms with E-state index in [4.69, 9.17) is 0 Å². The van der Waals surface area contributed by atoms with Gasteiger partial charge in [-0.15, -0.1) is 0 Å².